The number of hydrogen-bond donors (Lipinski definition) is 0. The Morgan fingerprint density at radius 3 is 2.64 bits per heavy atom. The molecule has 3 rings (SSSR count). The number of alkyl halides is 3. The lowest BCUT2D eigenvalue weighted by atomic mass is 10.2. The lowest BCUT2D eigenvalue weighted by molar-refractivity contribution is -0.274. The van der Waals surface area contributed by atoms with Crippen LogP contribution in [0.5, 0.6) is 5.75 Å². The molecule has 2 aromatic heterocycles. The first-order valence-electron chi connectivity index (χ1n) is 7.37. The van der Waals surface area contributed by atoms with E-state index < -0.39 is 6.36 Å². The minimum Gasteiger partial charge on any atom is -0.406 e. The number of aryl methyl sites for hydroxylation is 2. The molecule has 0 fully saturated rings. The molecule has 3 aromatic rings. The number of thioether (sulfide) groups is 1. The minimum atomic E-state index is -4.67. The van der Waals surface area contributed by atoms with Gasteiger partial charge in [-0.1, -0.05) is 30.0 Å². The summed E-state index contributed by atoms with van der Waals surface area (Å²) in [5.74, 6) is 0.365. The average Bonchev–Trinajstić information content (AvgIpc) is 3.22. The highest BCUT2D eigenvalue weighted by Crippen LogP contribution is 2.25. The maximum atomic E-state index is 12.2. The summed E-state index contributed by atoms with van der Waals surface area (Å²) in [6.07, 6.45) is -2.07. The van der Waals surface area contributed by atoms with Crippen LogP contribution in [0.2, 0.25) is 0 Å². The number of hydrogen-bond acceptors (Lipinski definition) is 5. The van der Waals surface area contributed by atoms with E-state index in [1.54, 1.807) is 29.8 Å². The van der Waals surface area contributed by atoms with Crippen molar-refractivity contribution in [1.82, 2.24) is 14.8 Å². The van der Waals surface area contributed by atoms with Gasteiger partial charge in [0.1, 0.15) is 12.1 Å². The van der Waals surface area contributed by atoms with E-state index in [1.165, 1.54) is 28.8 Å². The summed E-state index contributed by atoms with van der Waals surface area (Å²) in [5, 5.41) is 10.9. The molecular weight excluding hydrogens is 371 g/mol. The molecule has 0 spiro atoms. The topological polar surface area (TPSA) is 39.9 Å². The molecule has 0 atom stereocenters. The molecule has 0 aliphatic carbocycles. The van der Waals surface area contributed by atoms with Crippen LogP contribution >= 0.6 is 23.1 Å². The van der Waals surface area contributed by atoms with Gasteiger partial charge in [0.25, 0.3) is 0 Å². The van der Waals surface area contributed by atoms with Gasteiger partial charge in [-0.25, -0.2) is 0 Å². The molecule has 0 bridgehead atoms. The van der Waals surface area contributed by atoms with Crippen LogP contribution in [0.15, 0.2) is 53.3 Å². The lowest BCUT2D eigenvalue weighted by Crippen LogP contribution is -2.16. The second-order valence-corrected chi connectivity index (χ2v) is 7.09. The van der Waals surface area contributed by atoms with Crippen molar-refractivity contribution in [3.05, 3.63) is 58.5 Å². The first-order chi connectivity index (χ1) is 12.0. The zero-order valence-corrected chi connectivity index (χ0v) is 14.6. The van der Waals surface area contributed by atoms with E-state index >= 15 is 0 Å². The number of aromatic nitrogens is 3. The highest BCUT2D eigenvalue weighted by molar-refractivity contribution is 7.98. The second-order valence-electron chi connectivity index (χ2n) is 5.12. The van der Waals surface area contributed by atoms with Gasteiger partial charge in [0, 0.05) is 17.2 Å². The number of benzene rings is 1. The van der Waals surface area contributed by atoms with Gasteiger partial charge in [0.2, 0.25) is 0 Å². The molecule has 2 heterocycles. The Morgan fingerprint density at radius 2 is 1.96 bits per heavy atom. The molecule has 0 radical (unpaired) electrons. The van der Waals surface area contributed by atoms with Crippen molar-refractivity contribution < 1.29 is 17.9 Å². The zero-order valence-electron chi connectivity index (χ0n) is 12.9. The number of rotatable bonds is 7. The summed E-state index contributed by atoms with van der Waals surface area (Å²) < 4.78 is 42.3. The molecule has 0 aliphatic rings. The van der Waals surface area contributed by atoms with Crippen molar-refractivity contribution in [3.8, 4) is 5.75 Å². The Labute approximate surface area is 150 Å². The number of nitrogens with zero attached hydrogens (tertiary/aromatic N) is 3. The zero-order chi connectivity index (χ0) is 17.7. The van der Waals surface area contributed by atoms with Gasteiger partial charge in [0.05, 0.1) is 0 Å². The van der Waals surface area contributed by atoms with Crippen molar-refractivity contribution in [3.63, 3.8) is 0 Å². The molecule has 0 amide bonds. The fraction of sp³-hybridized carbons (Fsp3) is 0.250. The van der Waals surface area contributed by atoms with Crippen molar-refractivity contribution in [2.45, 2.75) is 30.2 Å². The van der Waals surface area contributed by atoms with E-state index in [-0.39, 0.29) is 5.75 Å². The van der Waals surface area contributed by atoms with Gasteiger partial charge in [-0.15, -0.1) is 34.7 Å². The van der Waals surface area contributed by atoms with Crippen LogP contribution in [-0.2, 0) is 18.7 Å². The average molecular weight is 385 g/mol. The van der Waals surface area contributed by atoms with E-state index in [4.69, 9.17) is 0 Å². The molecule has 0 unspecified atom stereocenters. The van der Waals surface area contributed by atoms with Crippen molar-refractivity contribution in [2.24, 2.45) is 0 Å². The van der Waals surface area contributed by atoms with Crippen LogP contribution in [0, 0.1) is 0 Å². The van der Waals surface area contributed by atoms with E-state index in [0.717, 1.165) is 23.7 Å². The van der Waals surface area contributed by atoms with E-state index in [9.17, 15) is 13.2 Å². The summed E-state index contributed by atoms with van der Waals surface area (Å²) in [7, 11) is 0. The van der Waals surface area contributed by atoms with Crippen LogP contribution in [0.3, 0.4) is 0 Å². The van der Waals surface area contributed by atoms with Gasteiger partial charge in [0.15, 0.2) is 5.16 Å². The fourth-order valence-corrected chi connectivity index (χ4v) is 3.73. The highest BCUT2D eigenvalue weighted by Gasteiger charge is 2.30. The third kappa shape index (κ3) is 5.50. The van der Waals surface area contributed by atoms with E-state index in [1.807, 2.05) is 16.0 Å². The first-order valence-corrected chi connectivity index (χ1v) is 9.24. The van der Waals surface area contributed by atoms with Crippen LogP contribution in [0.4, 0.5) is 13.2 Å². The standard InChI is InChI=1S/C16H14F3N3OS2/c17-16(18,19)23-13-5-3-12(4-6-13)10-25-15-21-20-11-22(15)8-7-14-2-1-9-24-14/h1-6,9,11H,7-8,10H2. The third-order valence-electron chi connectivity index (χ3n) is 3.28. The predicted molar refractivity (Wildman–Crippen MR) is 90.7 cm³/mol. The van der Waals surface area contributed by atoms with Crippen LogP contribution in [0.25, 0.3) is 0 Å². The number of halogens is 3. The molecule has 25 heavy (non-hydrogen) atoms. The Balaban J connectivity index is 1.54. The molecule has 0 saturated heterocycles. The maximum absolute atomic E-state index is 12.2. The number of ether oxygens (including phenoxy) is 1. The summed E-state index contributed by atoms with van der Waals surface area (Å²) in [6, 6.07) is 9.96. The van der Waals surface area contributed by atoms with Crippen LogP contribution < -0.4 is 4.74 Å². The van der Waals surface area contributed by atoms with Crippen molar-refractivity contribution in [2.75, 3.05) is 0 Å². The smallest absolute Gasteiger partial charge is 0.406 e. The molecule has 9 heteroatoms. The normalized spacial score (nSPS) is 11.6. The molecule has 0 saturated carbocycles. The monoisotopic (exact) mass is 385 g/mol. The Hall–Kier alpha value is -2.00. The minimum absolute atomic E-state index is 0.222. The molecule has 132 valence electrons. The van der Waals surface area contributed by atoms with Gasteiger partial charge in [-0.05, 0) is 35.6 Å². The highest BCUT2D eigenvalue weighted by atomic mass is 32.2. The van der Waals surface area contributed by atoms with Crippen LogP contribution in [-0.4, -0.2) is 21.1 Å². The summed E-state index contributed by atoms with van der Waals surface area (Å²) in [4.78, 5) is 1.30. The summed E-state index contributed by atoms with van der Waals surface area (Å²) in [6.45, 7) is 0.786. The Morgan fingerprint density at radius 1 is 1.16 bits per heavy atom. The molecule has 0 N–H and O–H groups in total. The SMILES string of the molecule is FC(F)(F)Oc1ccc(CSc2nncn2CCc2cccs2)cc1. The number of thiophene rings is 1. The van der Waals surface area contributed by atoms with Gasteiger partial charge < -0.3 is 9.30 Å². The van der Waals surface area contributed by atoms with Gasteiger partial charge >= 0.3 is 6.36 Å². The van der Waals surface area contributed by atoms with Crippen molar-refractivity contribution >= 4 is 23.1 Å². The summed E-state index contributed by atoms with van der Waals surface area (Å²) >= 11 is 3.21. The Bertz CT molecular complexity index is 786. The van der Waals surface area contributed by atoms with Gasteiger partial charge in [-0.3, -0.25) is 0 Å². The molecular formula is C16H14F3N3OS2. The summed E-state index contributed by atoms with van der Waals surface area (Å²) in [5.41, 5.74) is 0.882. The molecule has 4 nitrogen and oxygen atoms in total. The Kier molecular flexibility index (Phi) is 5.64. The quantitative estimate of drug-likeness (QED) is 0.549. The van der Waals surface area contributed by atoms with Gasteiger partial charge in [-0.2, -0.15) is 0 Å². The van der Waals surface area contributed by atoms with Crippen molar-refractivity contribution in [1.29, 1.82) is 0 Å². The van der Waals surface area contributed by atoms with E-state index in [2.05, 4.69) is 21.0 Å². The van der Waals surface area contributed by atoms with Crippen LogP contribution in [0.1, 0.15) is 10.4 Å². The molecule has 1 aromatic carbocycles. The predicted octanol–water partition coefficient (Wildman–Crippen LogP) is 4.77. The molecule has 0 aliphatic heterocycles. The van der Waals surface area contributed by atoms with E-state index in [0.29, 0.717) is 5.75 Å². The first kappa shape index (κ1) is 17.8. The maximum Gasteiger partial charge on any atom is 0.573 e. The fourth-order valence-electron chi connectivity index (χ4n) is 2.13. The largest absolute Gasteiger partial charge is 0.573 e. The second kappa shape index (κ2) is 7.92. The lowest BCUT2D eigenvalue weighted by Gasteiger charge is -2.09. The third-order valence-corrected chi connectivity index (χ3v) is 5.27.